The number of ketones is 1. The van der Waals surface area contributed by atoms with E-state index in [9.17, 15) is 4.79 Å². The van der Waals surface area contributed by atoms with Crippen molar-refractivity contribution in [3.63, 3.8) is 0 Å². The molecule has 0 aliphatic carbocycles. The van der Waals surface area contributed by atoms with E-state index in [2.05, 4.69) is 30.4 Å². The van der Waals surface area contributed by atoms with Crippen LogP contribution in [0.4, 0.5) is 0 Å². The van der Waals surface area contributed by atoms with Crippen molar-refractivity contribution in [1.82, 2.24) is 5.32 Å². The van der Waals surface area contributed by atoms with E-state index < -0.39 is 0 Å². The van der Waals surface area contributed by atoms with Crippen molar-refractivity contribution in [2.24, 2.45) is 0 Å². The molecule has 1 aliphatic heterocycles. The molecule has 2 rings (SSSR count). The number of hydrogen-bond acceptors (Lipinski definition) is 2. The molecule has 1 aromatic carbocycles. The van der Waals surface area contributed by atoms with Crippen LogP contribution in [0.5, 0.6) is 0 Å². The second kappa shape index (κ2) is 3.30. The van der Waals surface area contributed by atoms with Gasteiger partial charge >= 0.3 is 0 Å². The molecule has 1 aromatic rings. The Kier molecular flexibility index (Phi) is 2.15. The zero-order valence-corrected chi connectivity index (χ0v) is 7.76. The monoisotopic (exact) mass is 175 g/mol. The fourth-order valence-electron chi connectivity index (χ4n) is 1.70. The Labute approximate surface area is 78.0 Å². The fourth-order valence-corrected chi connectivity index (χ4v) is 1.70. The van der Waals surface area contributed by atoms with Gasteiger partial charge in [-0.3, -0.25) is 4.79 Å². The standard InChI is InChI=1S/C11H13NO/c1-8-2-3-9-5-11(13)7-12-6-10(9)4-8/h2-4,12H,5-7H2,1H3. The van der Waals surface area contributed by atoms with Crippen LogP contribution in [0.3, 0.4) is 0 Å². The number of rotatable bonds is 0. The molecule has 0 bridgehead atoms. The van der Waals surface area contributed by atoms with Crippen LogP contribution in [0, 0.1) is 6.92 Å². The second-order valence-corrected chi connectivity index (χ2v) is 3.59. The van der Waals surface area contributed by atoms with Crippen LogP contribution >= 0.6 is 0 Å². The van der Waals surface area contributed by atoms with Crippen molar-refractivity contribution < 1.29 is 4.79 Å². The molecule has 0 atom stereocenters. The average Bonchev–Trinajstić information content (AvgIpc) is 2.25. The van der Waals surface area contributed by atoms with Crippen molar-refractivity contribution in [2.45, 2.75) is 19.9 Å². The molecule has 0 aromatic heterocycles. The van der Waals surface area contributed by atoms with Crippen LogP contribution in [0.2, 0.25) is 0 Å². The molecule has 13 heavy (non-hydrogen) atoms. The van der Waals surface area contributed by atoms with Gasteiger partial charge in [-0.25, -0.2) is 0 Å². The smallest absolute Gasteiger partial charge is 0.150 e. The van der Waals surface area contributed by atoms with Gasteiger partial charge in [-0.1, -0.05) is 23.8 Å². The molecule has 0 amide bonds. The number of carbonyl (C=O) groups excluding carboxylic acids is 1. The van der Waals surface area contributed by atoms with E-state index in [4.69, 9.17) is 0 Å². The minimum atomic E-state index is 0.280. The minimum absolute atomic E-state index is 0.280. The summed E-state index contributed by atoms with van der Waals surface area (Å²) in [5.41, 5.74) is 3.71. The van der Waals surface area contributed by atoms with E-state index in [-0.39, 0.29) is 5.78 Å². The van der Waals surface area contributed by atoms with Gasteiger partial charge in [-0.2, -0.15) is 0 Å². The molecule has 2 nitrogen and oxygen atoms in total. The third-order valence-corrected chi connectivity index (χ3v) is 2.39. The predicted octanol–water partition coefficient (Wildman–Crippen LogP) is 1.21. The summed E-state index contributed by atoms with van der Waals surface area (Å²) in [4.78, 5) is 11.3. The van der Waals surface area contributed by atoms with Crippen LogP contribution in [0.25, 0.3) is 0 Å². The molecule has 2 heteroatoms. The summed E-state index contributed by atoms with van der Waals surface area (Å²) in [5.74, 6) is 0.280. The first-order valence-corrected chi connectivity index (χ1v) is 4.56. The highest BCUT2D eigenvalue weighted by atomic mass is 16.1. The molecule has 0 saturated heterocycles. The van der Waals surface area contributed by atoms with E-state index in [0.29, 0.717) is 13.0 Å². The van der Waals surface area contributed by atoms with Crippen LogP contribution in [-0.2, 0) is 17.8 Å². The number of carbonyl (C=O) groups is 1. The van der Waals surface area contributed by atoms with Gasteiger partial charge in [0.15, 0.2) is 5.78 Å². The van der Waals surface area contributed by atoms with Gasteiger partial charge in [0.1, 0.15) is 0 Å². The van der Waals surface area contributed by atoms with Crippen LogP contribution in [0.15, 0.2) is 18.2 Å². The minimum Gasteiger partial charge on any atom is -0.306 e. The van der Waals surface area contributed by atoms with Gasteiger partial charge < -0.3 is 5.32 Å². The number of hydrogen-bond donors (Lipinski definition) is 1. The van der Waals surface area contributed by atoms with Gasteiger partial charge in [0, 0.05) is 13.0 Å². The largest absolute Gasteiger partial charge is 0.306 e. The number of Topliss-reactive ketones (excluding diaryl/α,β-unsaturated/α-hetero) is 1. The molecule has 1 heterocycles. The van der Waals surface area contributed by atoms with Crippen molar-refractivity contribution in [3.8, 4) is 0 Å². The summed E-state index contributed by atoms with van der Waals surface area (Å²) in [5, 5.41) is 3.13. The lowest BCUT2D eigenvalue weighted by atomic mass is 10.0. The molecule has 0 fully saturated rings. The van der Waals surface area contributed by atoms with Crippen LogP contribution in [-0.4, -0.2) is 12.3 Å². The Morgan fingerprint density at radius 1 is 1.23 bits per heavy atom. The van der Waals surface area contributed by atoms with Crippen molar-refractivity contribution in [1.29, 1.82) is 0 Å². The van der Waals surface area contributed by atoms with Gasteiger partial charge in [0.25, 0.3) is 0 Å². The van der Waals surface area contributed by atoms with E-state index in [0.717, 1.165) is 6.54 Å². The second-order valence-electron chi connectivity index (χ2n) is 3.59. The zero-order chi connectivity index (χ0) is 9.26. The first-order chi connectivity index (χ1) is 6.25. The lowest BCUT2D eigenvalue weighted by Crippen LogP contribution is -2.19. The third-order valence-electron chi connectivity index (χ3n) is 2.39. The first kappa shape index (κ1) is 8.45. The van der Waals surface area contributed by atoms with Crippen molar-refractivity contribution >= 4 is 5.78 Å². The average molecular weight is 175 g/mol. The Morgan fingerprint density at radius 3 is 2.92 bits per heavy atom. The molecule has 1 N–H and O–H groups in total. The predicted molar refractivity (Wildman–Crippen MR) is 51.6 cm³/mol. The molecular weight excluding hydrogens is 162 g/mol. The fraction of sp³-hybridized carbons (Fsp3) is 0.364. The lowest BCUT2D eigenvalue weighted by Gasteiger charge is -2.04. The topological polar surface area (TPSA) is 29.1 Å². The quantitative estimate of drug-likeness (QED) is 0.642. The lowest BCUT2D eigenvalue weighted by molar-refractivity contribution is -0.117. The number of fused-ring (bicyclic) bond motifs is 1. The summed E-state index contributed by atoms with van der Waals surface area (Å²) < 4.78 is 0. The highest BCUT2D eigenvalue weighted by Gasteiger charge is 2.12. The number of aryl methyl sites for hydroxylation is 1. The van der Waals surface area contributed by atoms with Gasteiger partial charge in [-0.05, 0) is 18.1 Å². The summed E-state index contributed by atoms with van der Waals surface area (Å²) in [6.07, 6.45) is 0.586. The maximum atomic E-state index is 11.3. The van der Waals surface area contributed by atoms with E-state index in [1.165, 1.54) is 16.7 Å². The maximum absolute atomic E-state index is 11.3. The third kappa shape index (κ3) is 1.78. The molecule has 1 aliphatic rings. The molecule has 0 spiro atoms. The van der Waals surface area contributed by atoms with E-state index in [1.807, 2.05) is 0 Å². The molecular formula is C11H13NO. The molecule has 0 saturated carbocycles. The summed E-state index contributed by atoms with van der Waals surface area (Å²) in [7, 11) is 0. The molecule has 0 unspecified atom stereocenters. The Morgan fingerprint density at radius 2 is 2.08 bits per heavy atom. The summed E-state index contributed by atoms with van der Waals surface area (Å²) in [6.45, 7) is 3.41. The number of nitrogens with one attached hydrogen (secondary N) is 1. The Balaban J connectivity index is 2.40. The van der Waals surface area contributed by atoms with Crippen molar-refractivity contribution in [3.05, 3.63) is 34.9 Å². The highest BCUT2D eigenvalue weighted by Crippen LogP contribution is 2.14. The molecule has 0 radical (unpaired) electrons. The van der Waals surface area contributed by atoms with Gasteiger partial charge in [0.2, 0.25) is 0 Å². The normalized spacial score (nSPS) is 16.5. The van der Waals surface area contributed by atoms with E-state index in [1.54, 1.807) is 0 Å². The van der Waals surface area contributed by atoms with Crippen LogP contribution < -0.4 is 5.32 Å². The first-order valence-electron chi connectivity index (χ1n) is 4.56. The maximum Gasteiger partial charge on any atom is 0.150 e. The molecule has 68 valence electrons. The Hall–Kier alpha value is -1.15. The van der Waals surface area contributed by atoms with Gasteiger partial charge in [-0.15, -0.1) is 0 Å². The SMILES string of the molecule is Cc1ccc2c(c1)CNCC(=O)C2. The van der Waals surface area contributed by atoms with E-state index >= 15 is 0 Å². The number of benzene rings is 1. The zero-order valence-electron chi connectivity index (χ0n) is 7.76. The summed E-state index contributed by atoms with van der Waals surface area (Å²) >= 11 is 0. The Bertz CT molecular complexity index is 344. The van der Waals surface area contributed by atoms with Gasteiger partial charge in [0.05, 0.1) is 6.54 Å². The summed E-state index contributed by atoms with van der Waals surface area (Å²) in [6, 6.07) is 6.29. The highest BCUT2D eigenvalue weighted by molar-refractivity contribution is 5.83. The van der Waals surface area contributed by atoms with Crippen molar-refractivity contribution in [2.75, 3.05) is 6.54 Å². The van der Waals surface area contributed by atoms with Crippen LogP contribution in [0.1, 0.15) is 16.7 Å².